The van der Waals surface area contributed by atoms with E-state index in [0.29, 0.717) is 5.56 Å². The van der Waals surface area contributed by atoms with Crippen molar-refractivity contribution in [2.45, 2.75) is 0 Å². The molecule has 1 aromatic carbocycles. The van der Waals surface area contributed by atoms with Crippen molar-refractivity contribution >= 4 is 31.6 Å². The maximum absolute atomic E-state index is 13.2. The van der Waals surface area contributed by atoms with Crippen LogP contribution in [-0.2, 0) is 9.33 Å². The van der Waals surface area contributed by atoms with Gasteiger partial charge in [-0.2, -0.15) is 17.9 Å². The molecule has 108 valence electrons. The zero-order chi connectivity index (χ0) is 15.3. The van der Waals surface area contributed by atoms with Gasteiger partial charge in [-0.15, -0.1) is 0 Å². The Kier molecular flexibility index (Phi) is 5.63. The van der Waals surface area contributed by atoms with Crippen molar-refractivity contribution < 1.29 is 17.4 Å². The highest BCUT2D eigenvalue weighted by Gasteiger charge is 2.12. The van der Waals surface area contributed by atoms with Crippen LogP contribution in [0, 0.1) is 5.82 Å². The first kappa shape index (κ1) is 16.6. The second-order valence-electron chi connectivity index (χ2n) is 3.31. The first-order valence-electron chi connectivity index (χ1n) is 4.86. The summed E-state index contributed by atoms with van der Waals surface area (Å²) in [7, 11) is -0.137. The number of benzene rings is 1. The molecule has 1 aromatic heterocycles. The Morgan fingerprint density at radius 1 is 1.25 bits per heavy atom. The quantitative estimate of drug-likeness (QED) is 0.612. The first-order chi connectivity index (χ1) is 9.20. The lowest BCUT2D eigenvalue weighted by atomic mass is 10.1. The van der Waals surface area contributed by atoms with Crippen molar-refractivity contribution in [2.24, 2.45) is 0 Å². The van der Waals surface area contributed by atoms with Crippen molar-refractivity contribution in [3.63, 3.8) is 0 Å². The molecule has 2 aromatic rings. The van der Waals surface area contributed by atoms with E-state index in [1.807, 2.05) is 11.2 Å². The van der Waals surface area contributed by atoms with E-state index >= 15 is 0 Å². The molecule has 0 fully saturated rings. The van der Waals surface area contributed by atoms with Crippen LogP contribution in [0.4, 0.5) is 4.39 Å². The zero-order valence-electron chi connectivity index (χ0n) is 9.55. The van der Waals surface area contributed by atoms with Crippen LogP contribution in [0.2, 0.25) is 5.02 Å². The summed E-state index contributed by atoms with van der Waals surface area (Å²) in [5.41, 5.74) is -0.0355. The molecule has 0 aliphatic rings. The van der Waals surface area contributed by atoms with Gasteiger partial charge in [0, 0.05) is 16.2 Å². The van der Waals surface area contributed by atoms with Gasteiger partial charge in [-0.25, -0.2) is 5.10 Å². The van der Waals surface area contributed by atoms with Crippen LogP contribution in [0.3, 0.4) is 0 Å². The van der Waals surface area contributed by atoms with Crippen molar-refractivity contribution in [1.29, 1.82) is 0 Å². The summed E-state index contributed by atoms with van der Waals surface area (Å²) in [6.45, 7) is 0. The fraction of sp³-hybridized carbons (Fsp3) is 0. The minimum atomic E-state index is -4.19. The van der Waals surface area contributed by atoms with Crippen LogP contribution < -0.4 is 5.56 Å². The van der Waals surface area contributed by atoms with Gasteiger partial charge in [0.05, 0.1) is 0 Å². The molecule has 20 heavy (non-hydrogen) atoms. The summed E-state index contributed by atoms with van der Waals surface area (Å²) in [4.78, 5) is 10.8. The highest BCUT2D eigenvalue weighted by atomic mass is 35.7. The lowest BCUT2D eigenvalue weighted by Gasteiger charge is -2.02. The van der Waals surface area contributed by atoms with Crippen LogP contribution in [0.5, 0.6) is 0 Å². The Morgan fingerprint density at radius 3 is 2.25 bits per heavy atom. The molecule has 0 bridgehead atoms. The van der Waals surface area contributed by atoms with Gasteiger partial charge in [-0.05, 0) is 0 Å². The third kappa shape index (κ3) is 5.25. The summed E-state index contributed by atoms with van der Waals surface area (Å²) in [6, 6.07) is 8.82. The largest absolute Gasteiger partial charge is 0.353 e. The number of rotatable bonds is 1. The van der Waals surface area contributed by atoms with E-state index in [1.54, 1.807) is 24.3 Å². The average Bonchev–Trinajstić information content (AvgIpc) is 2.35. The Bertz CT molecular complexity index is 742. The van der Waals surface area contributed by atoms with Crippen LogP contribution >= 0.6 is 22.3 Å². The number of H-pyrrole nitrogens is 1. The summed E-state index contributed by atoms with van der Waals surface area (Å²) >= 11 is 5.68. The number of halogens is 3. The fourth-order valence-corrected chi connectivity index (χ4v) is 1.43. The first-order valence-corrected chi connectivity index (χ1v) is 7.50. The van der Waals surface area contributed by atoms with Crippen LogP contribution in [0.15, 0.2) is 35.1 Å². The van der Waals surface area contributed by atoms with Crippen molar-refractivity contribution in [3.8, 4) is 11.3 Å². The minimum Gasteiger partial charge on any atom is -0.273 e. The SMILES string of the molecule is O=S(=O)(O)Cl.O=c1[nH]nc(-c2ccccc2)c(Cl)c1F. The van der Waals surface area contributed by atoms with E-state index < -0.39 is 20.7 Å². The van der Waals surface area contributed by atoms with Crippen LogP contribution in [0.1, 0.15) is 0 Å². The van der Waals surface area contributed by atoms with Gasteiger partial charge in [0.1, 0.15) is 10.7 Å². The maximum Gasteiger partial charge on any atom is 0.353 e. The molecule has 0 aliphatic heterocycles. The molecule has 0 radical (unpaired) electrons. The Labute approximate surface area is 122 Å². The number of aromatic nitrogens is 2. The normalized spacial score (nSPS) is 10.6. The molecule has 0 aliphatic carbocycles. The third-order valence-electron chi connectivity index (χ3n) is 1.92. The predicted molar refractivity (Wildman–Crippen MR) is 72.7 cm³/mol. The molecule has 0 atom stereocenters. The standard InChI is InChI=1S/C10H6ClFN2O.ClHO3S/c11-7-8(12)10(15)14-13-9(7)6-4-2-1-3-5-6;1-5(2,3)4/h1-5H,(H,14,15);(H,2,3,4). The summed E-state index contributed by atoms with van der Waals surface area (Å²) in [5, 5.41) is 5.48. The van der Waals surface area contributed by atoms with Crippen LogP contribution in [-0.4, -0.2) is 23.2 Å². The van der Waals surface area contributed by atoms with Gasteiger partial charge < -0.3 is 0 Å². The highest BCUT2D eigenvalue weighted by molar-refractivity contribution is 8.09. The average molecular weight is 341 g/mol. The number of hydrogen-bond acceptors (Lipinski definition) is 4. The van der Waals surface area contributed by atoms with Crippen LogP contribution in [0.25, 0.3) is 11.3 Å². The van der Waals surface area contributed by atoms with Gasteiger partial charge in [-0.1, -0.05) is 41.9 Å². The van der Waals surface area contributed by atoms with Gasteiger partial charge in [-0.3, -0.25) is 9.35 Å². The maximum atomic E-state index is 13.2. The van der Waals surface area contributed by atoms with Crippen molar-refractivity contribution in [2.75, 3.05) is 0 Å². The van der Waals surface area contributed by atoms with E-state index in [4.69, 9.17) is 24.6 Å². The third-order valence-corrected chi connectivity index (χ3v) is 2.26. The van der Waals surface area contributed by atoms with Gasteiger partial charge in [0.2, 0.25) is 5.82 Å². The zero-order valence-corrected chi connectivity index (χ0v) is 11.9. The van der Waals surface area contributed by atoms with E-state index in [2.05, 4.69) is 15.8 Å². The topological polar surface area (TPSA) is 100 Å². The Morgan fingerprint density at radius 2 is 1.75 bits per heavy atom. The molecule has 0 unspecified atom stereocenters. The molecule has 0 amide bonds. The lowest BCUT2D eigenvalue weighted by molar-refractivity contribution is 0.501. The van der Waals surface area contributed by atoms with E-state index in [9.17, 15) is 9.18 Å². The smallest absolute Gasteiger partial charge is 0.273 e. The van der Waals surface area contributed by atoms with E-state index in [-0.39, 0.29) is 10.7 Å². The Hall–Kier alpha value is -1.48. The molecular formula is C10H7Cl2FN2O4S. The second-order valence-corrected chi connectivity index (χ2v) is 5.68. The molecule has 0 saturated carbocycles. The number of nitrogens with one attached hydrogen (secondary N) is 1. The second kappa shape index (κ2) is 6.80. The Balaban J connectivity index is 0.000000347. The van der Waals surface area contributed by atoms with Gasteiger partial charge >= 0.3 is 14.9 Å². The molecule has 2 N–H and O–H groups in total. The summed E-state index contributed by atoms with van der Waals surface area (Å²) in [6.07, 6.45) is 0. The van der Waals surface area contributed by atoms with Gasteiger partial charge in [0.25, 0.3) is 0 Å². The lowest BCUT2D eigenvalue weighted by Crippen LogP contribution is -2.13. The highest BCUT2D eigenvalue weighted by Crippen LogP contribution is 2.24. The molecule has 0 saturated heterocycles. The molecule has 2 rings (SSSR count). The van der Waals surface area contributed by atoms with Crippen molar-refractivity contribution in [1.82, 2.24) is 10.2 Å². The fourth-order valence-electron chi connectivity index (χ4n) is 1.20. The number of hydrogen-bond donors (Lipinski definition) is 2. The number of nitrogens with zero attached hydrogens (tertiary/aromatic N) is 1. The van der Waals surface area contributed by atoms with Crippen molar-refractivity contribution in [3.05, 3.63) is 51.5 Å². The predicted octanol–water partition coefficient (Wildman–Crippen LogP) is 2.26. The minimum absolute atomic E-state index is 0.231. The molecule has 6 nitrogen and oxygen atoms in total. The molecule has 1 heterocycles. The molecular weight excluding hydrogens is 334 g/mol. The van der Waals surface area contributed by atoms with Gasteiger partial charge in [0.15, 0.2) is 0 Å². The summed E-state index contributed by atoms with van der Waals surface area (Å²) < 4.78 is 38.3. The molecule has 0 spiro atoms. The monoisotopic (exact) mass is 340 g/mol. The number of aromatic amines is 1. The summed E-state index contributed by atoms with van der Waals surface area (Å²) in [5.74, 6) is -1.01. The molecule has 10 heteroatoms. The van der Waals surface area contributed by atoms with E-state index in [0.717, 1.165) is 0 Å². The van der Waals surface area contributed by atoms with E-state index in [1.165, 1.54) is 0 Å².